The highest BCUT2D eigenvalue weighted by Crippen LogP contribution is 2.28. The third kappa shape index (κ3) is 4.99. The van der Waals surface area contributed by atoms with Crippen LogP contribution in [0.15, 0.2) is 41.6 Å². The molecule has 0 spiro atoms. The molecule has 1 unspecified atom stereocenters. The quantitative estimate of drug-likeness (QED) is 0.691. The number of amides is 3. The zero-order chi connectivity index (χ0) is 21.7. The van der Waals surface area contributed by atoms with Crippen molar-refractivity contribution in [3.05, 3.63) is 47.2 Å². The van der Waals surface area contributed by atoms with Gasteiger partial charge in [0.1, 0.15) is 0 Å². The second-order valence-corrected chi connectivity index (χ2v) is 7.81. The number of hydrogen-bond acceptors (Lipinski definition) is 5. The maximum Gasteiger partial charge on any atom is 0.338 e. The molecule has 3 amide bonds. The van der Waals surface area contributed by atoms with Gasteiger partial charge in [-0.25, -0.2) is 9.59 Å². The summed E-state index contributed by atoms with van der Waals surface area (Å²) in [6.07, 6.45) is 0. The summed E-state index contributed by atoms with van der Waals surface area (Å²) in [4.78, 5) is 41.4. The molecule has 30 heavy (non-hydrogen) atoms. The van der Waals surface area contributed by atoms with E-state index in [1.54, 1.807) is 6.92 Å². The zero-order valence-corrected chi connectivity index (χ0v) is 17.8. The molecule has 1 atom stereocenters. The molecular formula is C22H30N4O4. The monoisotopic (exact) mass is 414 g/mol. The molecule has 162 valence electrons. The van der Waals surface area contributed by atoms with Gasteiger partial charge in [-0.3, -0.25) is 9.69 Å². The van der Waals surface area contributed by atoms with Crippen molar-refractivity contribution >= 4 is 17.9 Å². The highest BCUT2D eigenvalue weighted by Gasteiger charge is 2.34. The molecule has 0 bridgehead atoms. The molecular weight excluding hydrogens is 384 g/mol. The van der Waals surface area contributed by atoms with Crippen LogP contribution in [0.4, 0.5) is 4.79 Å². The van der Waals surface area contributed by atoms with Gasteiger partial charge in [-0.1, -0.05) is 44.2 Å². The largest absolute Gasteiger partial charge is 0.463 e. The Balaban J connectivity index is 1.82. The first kappa shape index (κ1) is 21.8. The van der Waals surface area contributed by atoms with Crippen molar-refractivity contribution < 1.29 is 19.1 Å². The molecule has 0 saturated carbocycles. The van der Waals surface area contributed by atoms with Crippen LogP contribution in [0.5, 0.6) is 0 Å². The van der Waals surface area contributed by atoms with Crippen LogP contribution in [-0.2, 0) is 14.3 Å². The van der Waals surface area contributed by atoms with E-state index >= 15 is 0 Å². The lowest BCUT2D eigenvalue weighted by Gasteiger charge is -2.37. The number of nitrogens with zero attached hydrogens (tertiary/aromatic N) is 2. The van der Waals surface area contributed by atoms with Gasteiger partial charge < -0.3 is 20.3 Å². The number of nitrogens with one attached hydrogen (secondary N) is 2. The Morgan fingerprint density at radius 3 is 2.40 bits per heavy atom. The third-order valence-corrected chi connectivity index (χ3v) is 5.34. The highest BCUT2D eigenvalue weighted by atomic mass is 16.5. The Kier molecular flexibility index (Phi) is 7.10. The predicted molar refractivity (Wildman–Crippen MR) is 112 cm³/mol. The Bertz CT molecular complexity index is 814. The molecule has 2 aliphatic heterocycles. The molecule has 3 rings (SSSR count). The summed E-state index contributed by atoms with van der Waals surface area (Å²) in [5.74, 6) is -0.312. The van der Waals surface area contributed by atoms with E-state index in [2.05, 4.69) is 15.5 Å². The molecule has 2 N–H and O–H groups in total. The zero-order valence-electron chi connectivity index (χ0n) is 17.8. The van der Waals surface area contributed by atoms with E-state index in [0.717, 1.165) is 5.56 Å². The molecule has 8 nitrogen and oxygen atoms in total. The smallest absolute Gasteiger partial charge is 0.338 e. The average molecular weight is 415 g/mol. The van der Waals surface area contributed by atoms with E-state index in [1.807, 2.05) is 49.1 Å². The molecule has 0 aliphatic carbocycles. The van der Waals surface area contributed by atoms with Crippen molar-refractivity contribution in [2.24, 2.45) is 5.92 Å². The number of piperazine rings is 1. The minimum Gasteiger partial charge on any atom is -0.463 e. The number of rotatable bonds is 6. The first-order valence-corrected chi connectivity index (χ1v) is 10.4. The van der Waals surface area contributed by atoms with Gasteiger partial charge in [-0.05, 0) is 12.5 Å². The minimum absolute atomic E-state index is 0.0231. The first-order chi connectivity index (χ1) is 14.4. The molecule has 1 fully saturated rings. The summed E-state index contributed by atoms with van der Waals surface area (Å²) in [5.41, 5.74) is 1.79. The van der Waals surface area contributed by atoms with Crippen molar-refractivity contribution in [1.29, 1.82) is 0 Å². The second kappa shape index (κ2) is 9.75. The van der Waals surface area contributed by atoms with E-state index < -0.39 is 12.0 Å². The summed E-state index contributed by atoms with van der Waals surface area (Å²) >= 11 is 0. The molecule has 1 aromatic carbocycles. The Morgan fingerprint density at radius 1 is 1.13 bits per heavy atom. The fourth-order valence-corrected chi connectivity index (χ4v) is 3.80. The first-order valence-electron chi connectivity index (χ1n) is 10.4. The van der Waals surface area contributed by atoms with Crippen LogP contribution in [-0.4, -0.2) is 67.0 Å². The lowest BCUT2D eigenvalue weighted by molar-refractivity contribution is -0.139. The number of ether oxygens (including phenoxy) is 1. The number of carbonyl (C=O) groups is 3. The van der Waals surface area contributed by atoms with Crippen LogP contribution in [0, 0.1) is 5.92 Å². The molecule has 2 aliphatic rings. The number of benzene rings is 1. The molecule has 2 heterocycles. The van der Waals surface area contributed by atoms with Crippen LogP contribution < -0.4 is 10.6 Å². The van der Waals surface area contributed by atoms with Gasteiger partial charge in [0, 0.05) is 44.3 Å². The van der Waals surface area contributed by atoms with Crippen molar-refractivity contribution in [3.8, 4) is 0 Å². The van der Waals surface area contributed by atoms with E-state index in [-0.39, 0.29) is 24.5 Å². The summed E-state index contributed by atoms with van der Waals surface area (Å²) in [6.45, 7) is 8.85. The van der Waals surface area contributed by atoms with Gasteiger partial charge in [-0.15, -0.1) is 0 Å². The fourth-order valence-electron chi connectivity index (χ4n) is 3.80. The van der Waals surface area contributed by atoms with Crippen LogP contribution >= 0.6 is 0 Å². The second-order valence-electron chi connectivity index (χ2n) is 7.81. The van der Waals surface area contributed by atoms with Crippen LogP contribution in [0.25, 0.3) is 0 Å². The number of carbonyl (C=O) groups excluding carboxylic acids is 3. The van der Waals surface area contributed by atoms with Gasteiger partial charge in [0.15, 0.2) is 0 Å². The number of esters is 1. The maximum atomic E-state index is 12.8. The number of hydrogen-bond donors (Lipinski definition) is 2. The topological polar surface area (TPSA) is 91.0 Å². The third-order valence-electron chi connectivity index (χ3n) is 5.34. The average Bonchev–Trinajstić information content (AvgIpc) is 2.74. The van der Waals surface area contributed by atoms with Crippen LogP contribution in [0.3, 0.4) is 0 Å². The predicted octanol–water partition coefficient (Wildman–Crippen LogP) is 1.66. The van der Waals surface area contributed by atoms with Gasteiger partial charge >= 0.3 is 12.0 Å². The summed E-state index contributed by atoms with van der Waals surface area (Å²) in [7, 11) is 0. The molecule has 1 saturated heterocycles. The van der Waals surface area contributed by atoms with E-state index in [1.165, 1.54) is 0 Å². The summed E-state index contributed by atoms with van der Waals surface area (Å²) in [6, 6.07) is 8.47. The Hall–Kier alpha value is -2.87. The molecule has 0 aromatic heterocycles. The number of urea groups is 1. The normalized spacial score (nSPS) is 20.1. The Morgan fingerprint density at radius 2 is 1.80 bits per heavy atom. The summed E-state index contributed by atoms with van der Waals surface area (Å²) < 4.78 is 5.30. The maximum absolute atomic E-state index is 12.8. The molecule has 8 heteroatoms. The lowest BCUT2D eigenvalue weighted by atomic mass is 9.95. The molecule has 1 aromatic rings. The van der Waals surface area contributed by atoms with Crippen LogP contribution in [0.2, 0.25) is 0 Å². The van der Waals surface area contributed by atoms with Crippen molar-refractivity contribution in [3.63, 3.8) is 0 Å². The van der Waals surface area contributed by atoms with Gasteiger partial charge in [-0.2, -0.15) is 0 Å². The SMILES string of the molecule is CCOC(=O)C1=C(CN2CCN(C(=O)C(C)C)CC2)NC(=O)NC1c1ccccc1. The summed E-state index contributed by atoms with van der Waals surface area (Å²) in [5, 5.41) is 5.66. The van der Waals surface area contributed by atoms with Crippen molar-refractivity contribution in [1.82, 2.24) is 20.4 Å². The Labute approximate surface area is 177 Å². The molecule has 0 radical (unpaired) electrons. The fraction of sp³-hybridized carbons (Fsp3) is 0.500. The van der Waals surface area contributed by atoms with Gasteiger partial charge in [0.05, 0.1) is 18.2 Å². The van der Waals surface area contributed by atoms with E-state index in [9.17, 15) is 14.4 Å². The lowest BCUT2D eigenvalue weighted by Crippen LogP contribution is -2.53. The highest BCUT2D eigenvalue weighted by molar-refractivity contribution is 5.95. The van der Waals surface area contributed by atoms with Gasteiger partial charge in [0.25, 0.3) is 0 Å². The van der Waals surface area contributed by atoms with Crippen molar-refractivity contribution in [2.75, 3.05) is 39.3 Å². The minimum atomic E-state index is -0.571. The standard InChI is InChI=1S/C22H30N4O4/c1-4-30-21(28)18-17(14-25-10-12-26(13-11-25)20(27)15(2)3)23-22(29)24-19(18)16-8-6-5-7-9-16/h5-9,15,19H,4,10-14H2,1-3H3,(H2,23,24,29). The van der Waals surface area contributed by atoms with E-state index in [0.29, 0.717) is 44.0 Å². The van der Waals surface area contributed by atoms with Crippen LogP contribution in [0.1, 0.15) is 32.4 Å². The van der Waals surface area contributed by atoms with E-state index in [4.69, 9.17) is 4.74 Å². The van der Waals surface area contributed by atoms with Crippen molar-refractivity contribution in [2.45, 2.75) is 26.8 Å². The van der Waals surface area contributed by atoms with Gasteiger partial charge in [0.2, 0.25) is 5.91 Å².